The summed E-state index contributed by atoms with van der Waals surface area (Å²) in [5, 5.41) is 8.33. The zero-order chi connectivity index (χ0) is 36.6. The number of anilines is 2. The van der Waals surface area contributed by atoms with E-state index in [9.17, 15) is 23.6 Å². The number of aliphatic carboxylic acids is 1. The van der Waals surface area contributed by atoms with Gasteiger partial charge in [0.05, 0.1) is 25.6 Å². The Morgan fingerprint density at radius 2 is 1.80 bits per heavy atom. The Bertz CT molecular complexity index is 1760. The normalized spacial score (nSPS) is 24.1. The van der Waals surface area contributed by atoms with Crippen LogP contribution in [-0.4, -0.2) is 98.9 Å². The molecule has 3 aromatic heterocycles. The topological polar surface area (TPSA) is 361 Å². The van der Waals surface area contributed by atoms with Crippen molar-refractivity contribution in [3.05, 3.63) is 35.4 Å². The molecule has 5 rings (SSSR count). The minimum Gasteiger partial charge on any atom is -0.480 e. The molecule has 0 saturated carbocycles. The van der Waals surface area contributed by atoms with Crippen LogP contribution in [-0.2, 0) is 37.0 Å². The number of ether oxygens (including phenoxy) is 2. The van der Waals surface area contributed by atoms with Crippen LogP contribution in [0.1, 0.15) is 51.0 Å². The van der Waals surface area contributed by atoms with E-state index in [1.165, 1.54) is 24.9 Å². The third-order valence-electron chi connectivity index (χ3n) is 7.51. The lowest BCUT2D eigenvalue weighted by atomic mass is 10.1. The molecular formula is C25H40N10O13P2. The quantitative estimate of drug-likeness (QED) is 0.0706. The fourth-order valence-corrected chi connectivity index (χ4v) is 6.37. The molecule has 2 aliphatic heterocycles. The van der Waals surface area contributed by atoms with Crippen molar-refractivity contribution in [3.8, 4) is 0 Å². The van der Waals surface area contributed by atoms with Crippen LogP contribution in [0.2, 0.25) is 0 Å². The number of carboxylic acid groups (broad SMARTS) is 1. The van der Waals surface area contributed by atoms with Crippen molar-refractivity contribution in [2.24, 2.45) is 11.5 Å². The van der Waals surface area contributed by atoms with Crippen LogP contribution in [0, 0.1) is 0 Å². The molecule has 0 spiro atoms. The Hall–Kier alpha value is -3.44. The number of hydrogen-bond donors (Lipinski definition) is 8. The first-order valence-corrected chi connectivity index (χ1v) is 18.2. The number of nitrogens with two attached hydrogens (primary N) is 4. The summed E-state index contributed by atoms with van der Waals surface area (Å²) in [6, 6.07) is 0.621. The number of phosphoric acid groups is 2. The van der Waals surface area contributed by atoms with Gasteiger partial charge >= 0.3 is 27.3 Å². The van der Waals surface area contributed by atoms with Gasteiger partial charge in [0.25, 0.3) is 0 Å². The maximum atomic E-state index is 12.8. The summed E-state index contributed by atoms with van der Waals surface area (Å²) in [6.07, 6.45) is 2.51. The molecule has 278 valence electrons. The number of carboxylic acids is 1. The maximum absolute atomic E-state index is 12.8. The highest BCUT2D eigenvalue weighted by Crippen LogP contribution is 2.49. The molecule has 0 amide bonds. The standard InChI is InChI=1S/C19H26N8O11P2.C6H14N2O2/c20-13-3-4-26(19(28)25-13)15-5-11(12(37-15)7-34-39(29,30)31)38-40(32,33)35-6-10-1-2-14(36-10)27-9-24-16-17(21)22-8-23-18(16)27;7-4-2-1-3-5(8)6(9)10/h3-4,8-12,14-15H,1-2,5-7H2,(H,32,33)(H2,20,25,28)(H2,21,22,23)(H2,29,30,31);5H,1-4,7-8H2,(H,9,10)/t10?,11-,12?,14?,15?;/m0./s1. The van der Waals surface area contributed by atoms with Crippen molar-refractivity contribution in [3.63, 3.8) is 0 Å². The summed E-state index contributed by atoms with van der Waals surface area (Å²) in [5.74, 6) is -0.742. The molecule has 3 aromatic rings. The van der Waals surface area contributed by atoms with Crippen LogP contribution in [0.4, 0.5) is 11.6 Å². The average Bonchev–Trinajstić information content (AvgIpc) is 3.78. The molecule has 0 aliphatic carbocycles. The Balaban J connectivity index is 0.000000490. The minimum atomic E-state index is -4.91. The van der Waals surface area contributed by atoms with E-state index in [-0.39, 0.29) is 24.7 Å². The van der Waals surface area contributed by atoms with E-state index in [4.69, 9.17) is 56.3 Å². The molecule has 50 heavy (non-hydrogen) atoms. The van der Waals surface area contributed by atoms with Gasteiger partial charge in [-0.05, 0) is 38.3 Å². The fraction of sp³-hybridized carbons (Fsp3) is 0.600. The molecule has 12 N–H and O–H groups in total. The van der Waals surface area contributed by atoms with E-state index in [0.29, 0.717) is 37.0 Å². The maximum Gasteiger partial charge on any atom is 0.472 e. The number of imidazole rings is 1. The Kier molecular flexibility index (Phi) is 13.5. The van der Waals surface area contributed by atoms with Crippen LogP contribution in [0.15, 0.2) is 29.7 Å². The average molecular weight is 751 g/mol. The van der Waals surface area contributed by atoms with Crippen molar-refractivity contribution in [1.82, 2.24) is 29.1 Å². The third kappa shape index (κ3) is 11.0. The largest absolute Gasteiger partial charge is 0.480 e. The number of aromatic nitrogens is 6. The molecule has 2 saturated heterocycles. The molecule has 0 radical (unpaired) electrons. The molecule has 2 fully saturated rings. The van der Waals surface area contributed by atoms with Gasteiger partial charge in [0.1, 0.15) is 48.4 Å². The first kappa shape index (κ1) is 39.3. The van der Waals surface area contributed by atoms with Crippen LogP contribution in [0.5, 0.6) is 0 Å². The number of nitrogens with zero attached hydrogens (tertiary/aromatic N) is 6. The number of carbonyl (C=O) groups is 1. The van der Waals surface area contributed by atoms with Gasteiger partial charge < -0.3 is 52.2 Å². The summed E-state index contributed by atoms with van der Waals surface area (Å²) in [5.41, 5.74) is 21.9. The molecule has 6 unspecified atom stereocenters. The molecule has 23 nitrogen and oxygen atoms in total. The van der Waals surface area contributed by atoms with Gasteiger partial charge in [-0.1, -0.05) is 6.42 Å². The Morgan fingerprint density at radius 3 is 2.48 bits per heavy atom. The number of phosphoric ester groups is 2. The zero-order valence-corrected chi connectivity index (χ0v) is 28.3. The van der Waals surface area contributed by atoms with Crippen molar-refractivity contribution in [1.29, 1.82) is 0 Å². The van der Waals surface area contributed by atoms with E-state index in [0.717, 1.165) is 17.4 Å². The van der Waals surface area contributed by atoms with Gasteiger partial charge in [-0.15, -0.1) is 0 Å². The second kappa shape index (κ2) is 17.2. The summed E-state index contributed by atoms with van der Waals surface area (Å²) >= 11 is 0. The molecule has 5 heterocycles. The Labute approximate surface area is 283 Å². The summed E-state index contributed by atoms with van der Waals surface area (Å²) in [7, 11) is -9.66. The van der Waals surface area contributed by atoms with Crippen molar-refractivity contribution >= 4 is 44.4 Å². The zero-order valence-electron chi connectivity index (χ0n) is 26.5. The second-order valence-corrected chi connectivity index (χ2v) is 13.8. The van der Waals surface area contributed by atoms with Gasteiger partial charge in [-0.25, -0.2) is 28.9 Å². The molecule has 25 heteroatoms. The molecular weight excluding hydrogens is 710 g/mol. The van der Waals surface area contributed by atoms with E-state index in [1.807, 2.05) is 0 Å². The lowest BCUT2D eigenvalue weighted by Gasteiger charge is -2.22. The first-order valence-electron chi connectivity index (χ1n) is 15.2. The van der Waals surface area contributed by atoms with E-state index in [1.54, 1.807) is 4.57 Å². The highest BCUT2D eigenvalue weighted by Gasteiger charge is 2.43. The summed E-state index contributed by atoms with van der Waals surface area (Å²) < 4.78 is 53.3. The lowest BCUT2D eigenvalue weighted by Crippen LogP contribution is -2.29. The van der Waals surface area contributed by atoms with Crippen LogP contribution in [0.25, 0.3) is 11.2 Å². The predicted octanol–water partition coefficient (Wildman–Crippen LogP) is -0.648. The first-order chi connectivity index (χ1) is 23.6. The fourth-order valence-electron chi connectivity index (χ4n) is 5.05. The predicted molar refractivity (Wildman–Crippen MR) is 171 cm³/mol. The van der Waals surface area contributed by atoms with E-state index < -0.39 is 70.7 Å². The molecule has 0 aromatic carbocycles. The minimum absolute atomic E-state index is 0.0308. The molecule has 7 atom stereocenters. The van der Waals surface area contributed by atoms with Crippen LogP contribution in [0.3, 0.4) is 0 Å². The van der Waals surface area contributed by atoms with Crippen LogP contribution < -0.4 is 28.6 Å². The highest BCUT2D eigenvalue weighted by molar-refractivity contribution is 7.47. The van der Waals surface area contributed by atoms with Gasteiger partial charge in [0, 0.05) is 12.6 Å². The second-order valence-electron chi connectivity index (χ2n) is 11.2. The van der Waals surface area contributed by atoms with Gasteiger partial charge in [0.15, 0.2) is 11.5 Å². The smallest absolute Gasteiger partial charge is 0.472 e. The summed E-state index contributed by atoms with van der Waals surface area (Å²) in [6.45, 7) is -0.411. The van der Waals surface area contributed by atoms with Crippen LogP contribution >= 0.6 is 15.6 Å². The van der Waals surface area contributed by atoms with Gasteiger partial charge in [0.2, 0.25) is 0 Å². The number of rotatable bonds is 15. The number of hydrogen-bond acceptors (Lipinski definition) is 17. The van der Waals surface area contributed by atoms with E-state index in [2.05, 4.69) is 24.5 Å². The third-order valence-corrected chi connectivity index (χ3v) is 9.01. The summed E-state index contributed by atoms with van der Waals surface area (Å²) in [4.78, 5) is 66.8. The van der Waals surface area contributed by atoms with Gasteiger partial charge in [-0.2, -0.15) is 4.98 Å². The van der Waals surface area contributed by atoms with Crippen molar-refractivity contribution < 1.29 is 56.8 Å². The van der Waals surface area contributed by atoms with E-state index >= 15 is 0 Å². The number of nitrogen functional groups attached to an aromatic ring is 2. The highest BCUT2D eigenvalue weighted by atomic mass is 31.2. The van der Waals surface area contributed by atoms with Gasteiger partial charge in [-0.3, -0.25) is 27.5 Å². The monoisotopic (exact) mass is 750 g/mol. The van der Waals surface area contributed by atoms with Crippen molar-refractivity contribution in [2.45, 2.75) is 75.3 Å². The molecule has 0 bridgehead atoms. The van der Waals surface area contributed by atoms with Crippen molar-refractivity contribution in [2.75, 3.05) is 31.2 Å². The lowest BCUT2D eigenvalue weighted by molar-refractivity contribution is -0.138. The number of unbranched alkanes of at least 4 members (excludes halogenated alkanes) is 1. The SMILES string of the molecule is NCCCCC(N)C(=O)O.Nc1ccn(C2C[C@H](OP(=O)(O)OCC3CCC(n4cnc5c(N)ncnc54)O3)C(COP(=O)(O)O)O2)c(=O)n1. The number of fused-ring (bicyclic) bond motifs is 1. The molecule has 2 aliphatic rings. The Morgan fingerprint density at radius 1 is 1.04 bits per heavy atom.